The first kappa shape index (κ1) is 24.5. The number of halogens is 1. The normalized spacial score (nSPS) is 11.1. The molecule has 0 atom stereocenters. The Morgan fingerprint density at radius 3 is 2.46 bits per heavy atom. The zero-order valence-electron chi connectivity index (χ0n) is 20.6. The van der Waals surface area contributed by atoms with Crippen LogP contribution in [0.1, 0.15) is 42.4 Å². The van der Waals surface area contributed by atoms with E-state index in [0.717, 1.165) is 47.2 Å². The van der Waals surface area contributed by atoms with E-state index < -0.39 is 0 Å². The topological polar surface area (TPSA) is 102 Å². The summed E-state index contributed by atoms with van der Waals surface area (Å²) >= 11 is 6.02. The third-order valence-corrected chi connectivity index (χ3v) is 6.52. The second-order valence-corrected chi connectivity index (χ2v) is 9.25. The fourth-order valence-corrected chi connectivity index (χ4v) is 4.54. The predicted molar refractivity (Wildman–Crippen MR) is 144 cm³/mol. The van der Waals surface area contributed by atoms with Crippen LogP contribution in [0.3, 0.4) is 0 Å². The molecule has 1 N–H and O–H groups in total. The second kappa shape index (κ2) is 10.8. The summed E-state index contributed by atoms with van der Waals surface area (Å²) < 4.78 is 1.57. The Morgan fingerprint density at radius 2 is 1.78 bits per heavy atom. The lowest BCUT2D eigenvalue weighted by Crippen LogP contribution is -2.29. The Balaban J connectivity index is 1.51. The van der Waals surface area contributed by atoms with Gasteiger partial charge >= 0.3 is 0 Å². The molecule has 5 aromatic rings. The molecule has 0 saturated heterocycles. The van der Waals surface area contributed by atoms with Gasteiger partial charge < -0.3 is 0 Å². The van der Waals surface area contributed by atoms with Crippen LogP contribution in [0.4, 0.5) is 0 Å². The first-order valence-corrected chi connectivity index (χ1v) is 12.6. The van der Waals surface area contributed by atoms with E-state index in [1.807, 2.05) is 31.2 Å². The summed E-state index contributed by atoms with van der Waals surface area (Å²) in [6.07, 6.45) is 4.77. The van der Waals surface area contributed by atoms with Gasteiger partial charge in [-0.25, -0.2) is 14.5 Å². The minimum absolute atomic E-state index is 0.0973. The zero-order valence-corrected chi connectivity index (χ0v) is 21.4. The van der Waals surface area contributed by atoms with E-state index in [-0.39, 0.29) is 5.56 Å². The number of hydrogen-bond donors (Lipinski definition) is 1. The molecule has 0 spiro atoms. The van der Waals surface area contributed by atoms with Crippen molar-refractivity contribution in [3.05, 3.63) is 105 Å². The SMILES string of the molecule is CCCCc1nc(C)n(-c2ccc(Cl)cn2)c(=O)c1Cc1ccc(-c2ccccc2-c2nn[nH]n2)cc1. The highest BCUT2D eigenvalue weighted by atomic mass is 35.5. The molecule has 2 aromatic carbocycles. The smallest absolute Gasteiger partial charge is 0.263 e. The number of aromatic amines is 1. The van der Waals surface area contributed by atoms with Gasteiger partial charge in [-0.1, -0.05) is 73.5 Å². The van der Waals surface area contributed by atoms with Crippen LogP contribution in [0, 0.1) is 6.92 Å². The van der Waals surface area contributed by atoms with Crippen molar-refractivity contribution in [1.82, 2.24) is 35.2 Å². The number of nitrogens with zero attached hydrogens (tertiary/aromatic N) is 6. The number of rotatable bonds is 8. The van der Waals surface area contributed by atoms with E-state index in [1.54, 1.807) is 22.9 Å². The van der Waals surface area contributed by atoms with Crippen LogP contribution in [0.15, 0.2) is 71.7 Å². The van der Waals surface area contributed by atoms with E-state index in [2.05, 4.69) is 56.8 Å². The van der Waals surface area contributed by atoms with Gasteiger partial charge in [0.25, 0.3) is 5.56 Å². The van der Waals surface area contributed by atoms with Crippen LogP contribution in [-0.4, -0.2) is 35.2 Å². The number of benzene rings is 2. The van der Waals surface area contributed by atoms with Crippen molar-refractivity contribution < 1.29 is 0 Å². The first-order valence-electron chi connectivity index (χ1n) is 12.2. The van der Waals surface area contributed by atoms with Gasteiger partial charge in [-0.2, -0.15) is 5.21 Å². The minimum atomic E-state index is -0.0973. The van der Waals surface area contributed by atoms with Crippen molar-refractivity contribution in [2.75, 3.05) is 0 Å². The average molecular weight is 512 g/mol. The number of tetrazole rings is 1. The molecule has 0 radical (unpaired) electrons. The number of pyridine rings is 1. The van der Waals surface area contributed by atoms with Crippen molar-refractivity contribution in [3.63, 3.8) is 0 Å². The monoisotopic (exact) mass is 511 g/mol. The van der Waals surface area contributed by atoms with Crippen molar-refractivity contribution >= 4 is 11.6 Å². The molecule has 0 saturated carbocycles. The number of hydrogen-bond acceptors (Lipinski definition) is 6. The lowest BCUT2D eigenvalue weighted by molar-refractivity contribution is 0.729. The molecule has 3 aromatic heterocycles. The highest BCUT2D eigenvalue weighted by Gasteiger charge is 2.17. The van der Waals surface area contributed by atoms with Crippen LogP contribution < -0.4 is 5.56 Å². The Kier molecular flexibility index (Phi) is 7.18. The third kappa shape index (κ3) is 5.20. The molecule has 37 heavy (non-hydrogen) atoms. The molecule has 0 amide bonds. The third-order valence-electron chi connectivity index (χ3n) is 6.30. The molecule has 3 heterocycles. The van der Waals surface area contributed by atoms with Crippen LogP contribution in [-0.2, 0) is 12.8 Å². The molecule has 186 valence electrons. The number of nitrogens with one attached hydrogen (secondary N) is 1. The zero-order chi connectivity index (χ0) is 25.8. The van der Waals surface area contributed by atoms with Crippen LogP contribution in [0.2, 0.25) is 5.02 Å². The lowest BCUT2D eigenvalue weighted by atomic mass is 9.96. The van der Waals surface area contributed by atoms with E-state index in [1.165, 1.54) is 0 Å². The summed E-state index contributed by atoms with van der Waals surface area (Å²) in [5.41, 5.74) is 5.40. The van der Waals surface area contributed by atoms with Crippen molar-refractivity contribution in [3.8, 4) is 28.3 Å². The summed E-state index contributed by atoms with van der Waals surface area (Å²) in [5, 5.41) is 15.0. The Bertz CT molecular complexity index is 1560. The molecule has 8 nitrogen and oxygen atoms in total. The Labute approximate surface area is 219 Å². The van der Waals surface area contributed by atoms with Crippen LogP contribution >= 0.6 is 11.6 Å². The molecule has 0 aliphatic carbocycles. The lowest BCUT2D eigenvalue weighted by Gasteiger charge is -2.15. The van der Waals surface area contributed by atoms with Gasteiger partial charge in [-0.05, 0) is 53.8 Å². The summed E-state index contributed by atoms with van der Waals surface area (Å²) in [6.45, 7) is 3.98. The molecule has 0 bridgehead atoms. The van der Waals surface area contributed by atoms with Gasteiger partial charge in [0.2, 0.25) is 5.82 Å². The minimum Gasteiger partial charge on any atom is -0.268 e. The molecule has 0 unspecified atom stereocenters. The van der Waals surface area contributed by atoms with E-state index in [9.17, 15) is 4.79 Å². The van der Waals surface area contributed by atoms with Crippen molar-refractivity contribution in [2.24, 2.45) is 0 Å². The van der Waals surface area contributed by atoms with Gasteiger partial charge in [-0.15, -0.1) is 10.2 Å². The summed E-state index contributed by atoms with van der Waals surface area (Å²) in [6, 6.07) is 19.6. The van der Waals surface area contributed by atoms with Crippen LogP contribution in [0.5, 0.6) is 0 Å². The fourth-order valence-electron chi connectivity index (χ4n) is 4.43. The van der Waals surface area contributed by atoms with Gasteiger partial charge in [0.05, 0.1) is 10.7 Å². The predicted octanol–water partition coefficient (Wildman–Crippen LogP) is 5.37. The second-order valence-electron chi connectivity index (χ2n) is 8.82. The quantitative estimate of drug-likeness (QED) is 0.300. The first-order chi connectivity index (χ1) is 18.0. The molecular formula is C28H26ClN7O. The molecular weight excluding hydrogens is 486 g/mol. The van der Waals surface area contributed by atoms with Gasteiger partial charge in [0.1, 0.15) is 11.6 Å². The molecule has 9 heteroatoms. The van der Waals surface area contributed by atoms with E-state index in [4.69, 9.17) is 16.6 Å². The maximum Gasteiger partial charge on any atom is 0.263 e. The van der Waals surface area contributed by atoms with Gasteiger partial charge in [0, 0.05) is 23.7 Å². The van der Waals surface area contributed by atoms with Crippen molar-refractivity contribution in [2.45, 2.75) is 39.5 Å². The number of H-pyrrole nitrogens is 1. The van der Waals surface area contributed by atoms with Crippen LogP contribution in [0.25, 0.3) is 28.3 Å². The number of aryl methyl sites for hydroxylation is 2. The number of aromatic nitrogens is 7. The molecule has 0 fully saturated rings. The van der Waals surface area contributed by atoms with E-state index in [0.29, 0.717) is 34.5 Å². The molecule has 5 rings (SSSR count). The fraction of sp³-hybridized carbons (Fsp3) is 0.214. The maximum absolute atomic E-state index is 13.8. The summed E-state index contributed by atoms with van der Waals surface area (Å²) in [4.78, 5) is 23.0. The standard InChI is InChI=1S/C28H26ClN7O/c1-3-4-9-25-24(28(37)36(18(2)31-25)26-15-14-21(29)17-30-26)16-19-10-12-20(13-11-19)22-7-5-6-8-23(22)27-32-34-35-33-27/h5-8,10-15,17H,3-4,9,16H2,1-2H3,(H,32,33,34,35). The number of unbranched alkanes of at least 4 members (excludes halogenated alkanes) is 1. The Hall–Kier alpha value is -4.17. The molecule has 0 aliphatic heterocycles. The summed E-state index contributed by atoms with van der Waals surface area (Å²) in [7, 11) is 0. The average Bonchev–Trinajstić information content (AvgIpc) is 3.46. The highest BCUT2D eigenvalue weighted by molar-refractivity contribution is 6.30. The highest BCUT2D eigenvalue weighted by Crippen LogP contribution is 2.30. The van der Waals surface area contributed by atoms with Gasteiger partial charge in [0.15, 0.2) is 0 Å². The van der Waals surface area contributed by atoms with Crippen molar-refractivity contribution in [1.29, 1.82) is 0 Å². The Morgan fingerprint density at radius 1 is 1.00 bits per heavy atom. The maximum atomic E-state index is 13.8. The molecule has 0 aliphatic rings. The largest absolute Gasteiger partial charge is 0.268 e. The summed E-state index contributed by atoms with van der Waals surface area (Å²) in [5.74, 6) is 1.67. The van der Waals surface area contributed by atoms with Gasteiger partial charge in [-0.3, -0.25) is 4.79 Å². The van der Waals surface area contributed by atoms with E-state index >= 15 is 0 Å².